The number of sulfonamides is 1. The van der Waals surface area contributed by atoms with Gasteiger partial charge in [-0.1, -0.05) is 0 Å². The van der Waals surface area contributed by atoms with Gasteiger partial charge >= 0.3 is 5.97 Å². The molecule has 1 aliphatic heterocycles. The van der Waals surface area contributed by atoms with Gasteiger partial charge in [0, 0.05) is 18.8 Å². The topological polar surface area (TPSA) is 97.6 Å². The van der Waals surface area contributed by atoms with E-state index in [-0.39, 0.29) is 10.6 Å². The molecule has 0 aromatic carbocycles. The van der Waals surface area contributed by atoms with Crippen LogP contribution in [0.5, 0.6) is 0 Å². The van der Waals surface area contributed by atoms with Crippen LogP contribution in [0.4, 0.5) is 0 Å². The van der Waals surface area contributed by atoms with Crippen LogP contribution < -0.4 is 4.72 Å². The molecule has 0 radical (unpaired) electrons. The molecular weight excluding hydrogens is 296 g/mol. The smallest absolute Gasteiger partial charge is 0.354 e. The van der Waals surface area contributed by atoms with Crippen LogP contribution in [0.2, 0.25) is 0 Å². The van der Waals surface area contributed by atoms with Crippen molar-refractivity contribution in [3.05, 3.63) is 17.5 Å². The summed E-state index contributed by atoms with van der Waals surface area (Å²) in [5, 5.41) is 10.1. The molecule has 1 atom stereocenters. The molecule has 2 N–H and O–H groups in total. The number of ether oxygens (including phenoxy) is 1. The van der Waals surface area contributed by atoms with E-state index in [1.165, 1.54) is 17.9 Å². The average molecular weight is 316 g/mol. The van der Waals surface area contributed by atoms with Crippen molar-refractivity contribution in [1.29, 1.82) is 0 Å². The first-order chi connectivity index (χ1) is 9.58. The van der Waals surface area contributed by atoms with Gasteiger partial charge in [0.1, 0.15) is 10.6 Å². The van der Waals surface area contributed by atoms with Crippen molar-refractivity contribution in [2.75, 3.05) is 7.11 Å². The number of esters is 1. The van der Waals surface area contributed by atoms with Gasteiger partial charge in [0.2, 0.25) is 10.0 Å². The number of nitrogens with zero attached hydrogens (tertiary/aromatic N) is 1. The minimum Gasteiger partial charge on any atom is -0.464 e. The number of carbonyl (C=O) groups excluding carboxylic acids is 1. The molecule has 0 fully saturated rings. The summed E-state index contributed by atoms with van der Waals surface area (Å²) in [5.41, 5.74) is -0.526. The van der Waals surface area contributed by atoms with Crippen molar-refractivity contribution >= 4 is 16.0 Å². The number of hydrogen-bond acceptors (Lipinski definition) is 5. The third-order valence-corrected chi connectivity index (χ3v) is 5.27. The lowest BCUT2D eigenvalue weighted by Gasteiger charge is -2.28. The van der Waals surface area contributed by atoms with E-state index in [0.29, 0.717) is 18.4 Å². The van der Waals surface area contributed by atoms with Crippen LogP contribution in [0.25, 0.3) is 0 Å². The zero-order valence-electron chi connectivity index (χ0n) is 12.5. The molecule has 21 heavy (non-hydrogen) atoms. The summed E-state index contributed by atoms with van der Waals surface area (Å²) >= 11 is 0. The largest absolute Gasteiger partial charge is 0.464 e. The first-order valence-corrected chi connectivity index (χ1v) is 8.07. The zero-order valence-corrected chi connectivity index (χ0v) is 13.3. The number of hydrogen-bond donors (Lipinski definition) is 2. The summed E-state index contributed by atoms with van der Waals surface area (Å²) in [7, 11) is -0.937. The van der Waals surface area contributed by atoms with Gasteiger partial charge in [-0.3, -0.25) is 0 Å². The highest BCUT2D eigenvalue weighted by molar-refractivity contribution is 7.89. The second-order valence-electron chi connectivity index (χ2n) is 5.79. The number of carbonyl (C=O) groups is 1. The third-order valence-electron chi connectivity index (χ3n) is 3.75. The third kappa shape index (κ3) is 2.83. The summed E-state index contributed by atoms with van der Waals surface area (Å²) in [4.78, 5) is 11.9. The van der Waals surface area contributed by atoms with Gasteiger partial charge in [0.25, 0.3) is 0 Å². The highest BCUT2D eigenvalue weighted by atomic mass is 32.2. The van der Waals surface area contributed by atoms with Crippen LogP contribution in [-0.2, 0) is 28.2 Å². The second-order valence-corrected chi connectivity index (χ2v) is 7.47. The van der Waals surface area contributed by atoms with Crippen molar-refractivity contribution < 1.29 is 23.1 Å². The molecule has 0 aliphatic carbocycles. The minimum absolute atomic E-state index is 0.0668. The van der Waals surface area contributed by atoms with Crippen LogP contribution in [0.15, 0.2) is 11.1 Å². The Labute approximate surface area is 124 Å². The Morgan fingerprint density at radius 2 is 2.14 bits per heavy atom. The number of fused-ring (bicyclic) bond motifs is 1. The van der Waals surface area contributed by atoms with Crippen LogP contribution in [0.3, 0.4) is 0 Å². The molecule has 1 unspecified atom stereocenters. The van der Waals surface area contributed by atoms with Crippen molar-refractivity contribution in [2.45, 2.75) is 43.2 Å². The first-order valence-electron chi connectivity index (χ1n) is 6.59. The van der Waals surface area contributed by atoms with Gasteiger partial charge in [0.05, 0.1) is 18.8 Å². The zero-order chi connectivity index (χ0) is 16.0. The second kappa shape index (κ2) is 5.11. The molecular formula is C13H20N2O5S. The van der Waals surface area contributed by atoms with Gasteiger partial charge in [-0.25, -0.2) is 17.9 Å². The maximum Gasteiger partial charge on any atom is 0.354 e. The highest BCUT2D eigenvalue weighted by Crippen LogP contribution is 2.30. The normalized spacial score (nSPS) is 21.5. The molecule has 0 spiro atoms. The predicted octanol–water partition coefficient (Wildman–Crippen LogP) is 0.176. The van der Waals surface area contributed by atoms with Crippen LogP contribution >= 0.6 is 0 Å². The predicted molar refractivity (Wildman–Crippen MR) is 75.5 cm³/mol. The molecule has 7 nitrogen and oxygen atoms in total. The average Bonchev–Trinajstić information content (AvgIpc) is 2.63. The molecule has 118 valence electrons. The van der Waals surface area contributed by atoms with Crippen LogP contribution in [0.1, 0.15) is 36.3 Å². The lowest BCUT2D eigenvalue weighted by Crippen LogP contribution is -2.48. The highest BCUT2D eigenvalue weighted by Gasteiger charge is 2.38. The Balaban J connectivity index is 2.56. The van der Waals surface area contributed by atoms with E-state index < -0.39 is 27.6 Å². The van der Waals surface area contributed by atoms with E-state index in [4.69, 9.17) is 4.74 Å². The molecule has 2 heterocycles. The number of aromatic nitrogens is 1. The summed E-state index contributed by atoms with van der Waals surface area (Å²) in [6.45, 7) is 3.11. The quantitative estimate of drug-likeness (QED) is 0.758. The fourth-order valence-electron chi connectivity index (χ4n) is 2.58. The van der Waals surface area contributed by atoms with Crippen LogP contribution in [0, 0.1) is 0 Å². The van der Waals surface area contributed by atoms with Crippen molar-refractivity contribution in [3.8, 4) is 0 Å². The van der Waals surface area contributed by atoms with E-state index in [2.05, 4.69) is 4.72 Å². The van der Waals surface area contributed by atoms with E-state index in [1.807, 2.05) is 0 Å². The summed E-state index contributed by atoms with van der Waals surface area (Å²) in [6, 6.07) is -0.620. The minimum atomic E-state index is -3.79. The standard InChI is InChI=1S/C13H20N2O5S/c1-13(2,17)10-6-5-8-9(21(18,19)14-10)7-15(3)11(8)12(16)20-4/h7,10,14,17H,5-6H2,1-4H3. The number of methoxy groups -OCH3 is 1. The first kappa shape index (κ1) is 16.0. The fraction of sp³-hybridized carbons (Fsp3) is 0.615. The number of aryl methyl sites for hydroxylation is 1. The molecule has 1 aromatic heterocycles. The van der Waals surface area contributed by atoms with E-state index >= 15 is 0 Å². The molecule has 8 heteroatoms. The van der Waals surface area contributed by atoms with Crippen molar-refractivity contribution in [3.63, 3.8) is 0 Å². The van der Waals surface area contributed by atoms with E-state index in [1.54, 1.807) is 20.9 Å². The van der Waals surface area contributed by atoms with Crippen molar-refractivity contribution in [1.82, 2.24) is 9.29 Å². The SMILES string of the molecule is COC(=O)c1c2c(cn1C)S(=O)(=O)NC(C(C)(C)O)CC2. The Morgan fingerprint density at radius 3 is 2.67 bits per heavy atom. The Kier molecular flexibility index (Phi) is 3.90. The fourth-order valence-corrected chi connectivity index (χ4v) is 4.31. The number of rotatable bonds is 2. The maximum atomic E-state index is 12.4. The van der Waals surface area contributed by atoms with Gasteiger partial charge < -0.3 is 14.4 Å². The van der Waals surface area contributed by atoms with E-state index in [0.717, 1.165) is 0 Å². The lowest BCUT2D eigenvalue weighted by atomic mass is 9.94. The van der Waals surface area contributed by atoms with Crippen LogP contribution in [-0.4, -0.2) is 42.8 Å². The summed E-state index contributed by atoms with van der Waals surface area (Å²) < 4.78 is 33.6. The van der Waals surface area contributed by atoms with Gasteiger partial charge in [0.15, 0.2) is 0 Å². The van der Waals surface area contributed by atoms with Crippen molar-refractivity contribution in [2.24, 2.45) is 7.05 Å². The number of nitrogens with one attached hydrogen (secondary N) is 1. The molecule has 2 rings (SSSR count). The molecule has 0 saturated carbocycles. The molecule has 0 saturated heterocycles. The van der Waals surface area contributed by atoms with E-state index in [9.17, 15) is 18.3 Å². The molecule has 0 amide bonds. The van der Waals surface area contributed by atoms with Gasteiger partial charge in [-0.05, 0) is 26.7 Å². The molecule has 1 aromatic rings. The molecule has 0 bridgehead atoms. The van der Waals surface area contributed by atoms with Gasteiger partial charge in [-0.15, -0.1) is 0 Å². The number of aliphatic hydroxyl groups is 1. The molecule has 1 aliphatic rings. The summed E-state index contributed by atoms with van der Waals surface area (Å²) in [6.07, 6.45) is 2.15. The Hall–Kier alpha value is -1.38. The van der Waals surface area contributed by atoms with Gasteiger partial charge in [-0.2, -0.15) is 0 Å². The monoisotopic (exact) mass is 316 g/mol. The lowest BCUT2D eigenvalue weighted by molar-refractivity contribution is 0.0434. The Bertz CT molecular complexity index is 669. The Morgan fingerprint density at radius 1 is 1.52 bits per heavy atom. The maximum absolute atomic E-state index is 12.4. The summed E-state index contributed by atoms with van der Waals surface area (Å²) in [5.74, 6) is -0.573.